The third-order valence-electron chi connectivity index (χ3n) is 4.00. The summed E-state index contributed by atoms with van der Waals surface area (Å²) in [4.78, 5) is 35.1. The zero-order chi connectivity index (χ0) is 21.2. The van der Waals surface area contributed by atoms with Crippen molar-refractivity contribution in [3.05, 3.63) is 75.5 Å². The summed E-state index contributed by atoms with van der Waals surface area (Å²) in [5.74, 6) is -0.344. The molecule has 0 bridgehead atoms. The Morgan fingerprint density at radius 1 is 1.17 bits per heavy atom. The van der Waals surface area contributed by atoms with Crippen LogP contribution in [0.25, 0.3) is 6.08 Å². The van der Waals surface area contributed by atoms with Crippen LogP contribution in [0.1, 0.15) is 35.7 Å². The monoisotopic (exact) mass is 397 g/mol. The highest BCUT2D eigenvalue weighted by Gasteiger charge is 2.14. The molecule has 152 valence electrons. The molecule has 2 N–H and O–H groups in total. The number of hydrogen-bond donors (Lipinski definition) is 2. The smallest absolute Gasteiger partial charge is 0.270 e. The first kappa shape index (κ1) is 21.6. The number of carbonyl (C=O) groups is 2. The van der Waals surface area contributed by atoms with Gasteiger partial charge in [-0.05, 0) is 42.3 Å². The molecule has 0 fully saturated rings. The Labute approximate surface area is 168 Å². The van der Waals surface area contributed by atoms with Gasteiger partial charge in [0.15, 0.2) is 0 Å². The molecule has 2 amide bonds. The Bertz CT molecular complexity index is 907. The quantitative estimate of drug-likeness (QED) is 0.292. The number of rotatable bonds is 9. The molecule has 8 heteroatoms. The third-order valence-corrected chi connectivity index (χ3v) is 4.00. The van der Waals surface area contributed by atoms with Gasteiger partial charge < -0.3 is 15.4 Å². The summed E-state index contributed by atoms with van der Waals surface area (Å²) in [6.45, 7) is 2.68. The fourth-order valence-corrected chi connectivity index (χ4v) is 2.42. The van der Waals surface area contributed by atoms with Crippen molar-refractivity contribution in [2.75, 3.05) is 13.7 Å². The molecule has 0 aromatic heterocycles. The lowest BCUT2D eigenvalue weighted by molar-refractivity contribution is -0.384. The maximum Gasteiger partial charge on any atom is 0.270 e. The minimum Gasteiger partial charge on any atom is -0.494 e. The van der Waals surface area contributed by atoms with Crippen LogP contribution in [0.4, 0.5) is 5.69 Å². The minimum atomic E-state index is -0.528. The number of nitrogens with zero attached hydrogens (tertiary/aromatic N) is 1. The number of benzene rings is 2. The van der Waals surface area contributed by atoms with Crippen molar-refractivity contribution in [1.29, 1.82) is 0 Å². The van der Waals surface area contributed by atoms with Crippen LogP contribution in [0, 0.1) is 10.1 Å². The maximum atomic E-state index is 12.5. The second-order valence-electron chi connectivity index (χ2n) is 6.17. The standard InChI is InChI=1S/C21H23N3O5/c1-3-4-12-29-18-10-8-16(9-11-18)20(25)23-19(21(26)22-2)14-15-6-5-7-17(13-15)24(27)28/h5-11,13-14H,3-4,12H2,1-2H3,(H,22,26)(H,23,25). The molecule has 2 aromatic carbocycles. The molecule has 0 unspecified atom stereocenters. The number of amides is 2. The normalized spacial score (nSPS) is 10.9. The molecule has 8 nitrogen and oxygen atoms in total. The molecule has 0 heterocycles. The Kier molecular flexibility index (Phi) is 7.90. The summed E-state index contributed by atoms with van der Waals surface area (Å²) in [5, 5.41) is 15.9. The van der Waals surface area contributed by atoms with E-state index in [1.165, 1.54) is 31.3 Å². The van der Waals surface area contributed by atoms with Gasteiger partial charge in [-0.1, -0.05) is 25.5 Å². The molecule has 0 saturated carbocycles. The Morgan fingerprint density at radius 2 is 1.90 bits per heavy atom. The highest BCUT2D eigenvalue weighted by Crippen LogP contribution is 2.16. The number of non-ortho nitro benzene ring substituents is 1. The predicted molar refractivity (Wildman–Crippen MR) is 109 cm³/mol. The van der Waals surface area contributed by atoms with E-state index in [-0.39, 0.29) is 11.4 Å². The molecule has 0 atom stereocenters. The predicted octanol–water partition coefficient (Wildman–Crippen LogP) is 3.29. The van der Waals surface area contributed by atoms with Crippen molar-refractivity contribution in [2.24, 2.45) is 0 Å². The van der Waals surface area contributed by atoms with Crippen molar-refractivity contribution < 1.29 is 19.2 Å². The van der Waals surface area contributed by atoms with Crippen LogP contribution in [-0.4, -0.2) is 30.4 Å². The van der Waals surface area contributed by atoms with Crippen molar-refractivity contribution >= 4 is 23.6 Å². The fraction of sp³-hybridized carbons (Fsp3) is 0.238. The Morgan fingerprint density at radius 3 is 2.52 bits per heavy atom. The zero-order valence-electron chi connectivity index (χ0n) is 16.3. The average Bonchev–Trinajstić information content (AvgIpc) is 2.73. The van der Waals surface area contributed by atoms with Gasteiger partial charge in [-0.2, -0.15) is 0 Å². The van der Waals surface area contributed by atoms with Crippen LogP contribution >= 0.6 is 0 Å². The van der Waals surface area contributed by atoms with Crippen LogP contribution in [0.2, 0.25) is 0 Å². The van der Waals surface area contributed by atoms with E-state index in [0.29, 0.717) is 23.5 Å². The maximum absolute atomic E-state index is 12.5. The number of ether oxygens (including phenoxy) is 1. The number of carbonyl (C=O) groups excluding carboxylic acids is 2. The summed E-state index contributed by atoms with van der Waals surface area (Å²) < 4.78 is 5.57. The largest absolute Gasteiger partial charge is 0.494 e. The van der Waals surface area contributed by atoms with E-state index < -0.39 is 16.7 Å². The van der Waals surface area contributed by atoms with E-state index in [0.717, 1.165) is 12.8 Å². The highest BCUT2D eigenvalue weighted by atomic mass is 16.6. The van der Waals surface area contributed by atoms with Crippen molar-refractivity contribution in [3.63, 3.8) is 0 Å². The molecule has 0 spiro atoms. The van der Waals surface area contributed by atoms with Gasteiger partial charge in [-0.15, -0.1) is 0 Å². The molecule has 0 radical (unpaired) electrons. The molecule has 29 heavy (non-hydrogen) atoms. The summed E-state index contributed by atoms with van der Waals surface area (Å²) >= 11 is 0. The van der Waals surface area contributed by atoms with Gasteiger partial charge in [0.25, 0.3) is 17.5 Å². The van der Waals surface area contributed by atoms with Gasteiger partial charge in [0.1, 0.15) is 11.4 Å². The fourth-order valence-electron chi connectivity index (χ4n) is 2.42. The topological polar surface area (TPSA) is 111 Å². The van der Waals surface area contributed by atoms with Gasteiger partial charge in [0.2, 0.25) is 0 Å². The molecular formula is C21H23N3O5. The molecule has 0 saturated heterocycles. The van der Waals surface area contributed by atoms with E-state index >= 15 is 0 Å². The van der Waals surface area contributed by atoms with Gasteiger partial charge in [-0.3, -0.25) is 19.7 Å². The molecule has 0 aliphatic rings. The van der Waals surface area contributed by atoms with E-state index in [1.807, 2.05) is 0 Å². The van der Waals surface area contributed by atoms with E-state index in [9.17, 15) is 19.7 Å². The lowest BCUT2D eigenvalue weighted by Crippen LogP contribution is -2.33. The van der Waals surface area contributed by atoms with Crippen LogP contribution in [-0.2, 0) is 4.79 Å². The van der Waals surface area contributed by atoms with E-state index in [2.05, 4.69) is 17.6 Å². The minimum absolute atomic E-state index is 0.0266. The summed E-state index contributed by atoms with van der Waals surface area (Å²) in [6, 6.07) is 12.4. The molecular weight excluding hydrogens is 374 g/mol. The first-order valence-corrected chi connectivity index (χ1v) is 9.17. The number of hydrogen-bond acceptors (Lipinski definition) is 5. The van der Waals surface area contributed by atoms with Crippen LogP contribution < -0.4 is 15.4 Å². The molecule has 2 aromatic rings. The third kappa shape index (κ3) is 6.46. The van der Waals surface area contributed by atoms with Crippen molar-refractivity contribution in [1.82, 2.24) is 10.6 Å². The second-order valence-corrected chi connectivity index (χ2v) is 6.17. The Balaban J connectivity index is 2.17. The Hall–Kier alpha value is -3.68. The van der Waals surface area contributed by atoms with Gasteiger partial charge >= 0.3 is 0 Å². The number of nitro benzene ring substituents is 1. The lowest BCUT2D eigenvalue weighted by Gasteiger charge is -2.10. The van der Waals surface area contributed by atoms with Gasteiger partial charge in [-0.25, -0.2) is 0 Å². The van der Waals surface area contributed by atoms with Crippen LogP contribution in [0.15, 0.2) is 54.2 Å². The SMILES string of the molecule is CCCCOc1ccc(C(=O)NC(=Cc2cccc([N+](=O)[O-])c2)C(=O)NC)cc1. The zero-order valence-corrected chi connectivity index (χ0v) is 16.3. The highest BCUT2D eigenvalue weighted by molar-refractivity contribution is 6.05. The summed E-state index contributed by atoms with van der Waals surface area (Å²) in [5.41, 5.74) is 0.626. The second kappa shape index (κ2) is 10.6. The average molecular weight is 397 g/mol. The summed E-state index contributed by atoms with van der Waals surface area (Å²) in [6.07, 6.45) is 3.35. The molecule has 2 rings (SSSR count). The summed E-state index contributed by atoms with van der Waals surface area (Å²) in [7, 11) is 1.43. The van der Waals surface area contributed by atoms with Crippen LogP contribution in [0.5, 0.6) is 5.75 Å². The first-order chi connectivity index (χ1) is 13.9. The van der Waals surface area contributed by atoms with Gasteiger partial charge in [0, 0.05) is 24.7 Å². The lowest BCUT2D eigenvalue weighted by atomic mass is 10.1. The molecule has 0 aliphatic carbocycles. The molecule has 0 aliphatic heterocycles. The number of nitrogens with one attached hydrogen (secondary N) is 2. The van der Waals surface area contributed by atoms with Crippen molar-refractivity contribution in [2.45, 2.75) is 19.8 Å². The van der Waals surface area contributed by atoms with E-state index in [1.54, 1.807) is 30.3 Å². The van der Waals surface area contributed by atoms with Crippen molar-refractivity contribution in [3.8, 4) is 5.75 Å². The van der Waals surface area contributed by atoms with Crippen LogP contribution in [0.3, 0.4) is 0 Å². The number of nitro groups is 1. The first-order valence-electron chi connectivity index (χ1n) is 9.17. The van der Waals surface area contributed by atoms with E-state index in [4.69, 9.17) is 4.74 Å². The number of likely N-dealkylation sites (N-methyl/N-ethyl adjacent to an activating group) is 1. The van der Waals surface area contributed by atoms with Gasteiger partial charge in [0.05, 0.1) is 11.5 Å². The number of unbranched alkanes of at least 4 members (excludes halogenated alkanes) is 1.